The molecule has 0 radical (unpaired) electrons. The number of methoxy groups -OCH3 is 1. The number of aromatic nitrogens is 2. The molecule has 5 nitrogen and oxygen atoms in total. The third kappa shape index (κ3) is 1.67. The van der Waals surface area contributed by atoms with Gasteiger partial charge in [-0.1, -0.05) is 0 Å². The van der Waals surface area contributed by atoms with Crippen LogP contribution in [0.4, 0.5) is 0 Å². The highest BCUT2D eigenvalue weighted by Crippen LogP contribution is 2.23. The van der Waals surface area contributed by atoms with Gasteiger partial charge < -0.3 is 14.5 Å². The molecule has 0 bridgehead atoms. The number of carbonyl (C=O) groups excluding carboxylic acids is 1. The first kappa shape index (κ1) is 11.2. The second-order valence-corrected chi connectivity index (χ2v) is 4.47. The molecule has 3 rings (SSSR count). The van der Waals surface area contributed by atoms with Crippen LogP contribution in [0.1, 0.15) is 28.5 Å². The molecule has 2 aromatic rings. The van der Waals surface area contributed by atoms with E-state index in [0.29, 0.717) is 11.5 Å². The second kappa shape index (κ2) is 4.42. The summed E-state index contributed by atoms with van der Waals surface area (Å²) in [6.45, 7) is 1.97. The van der Waals surface area contributed by atoms with Crippen molar-refractivity contribution in [3.05, 3.63) is 35.9 Å². The largest absolute Gasteiger partial charge is 0.465 e. The third-order valence-corrected chi connectivity index (χ3v) is 3.43. The maximum absolute atomic E-state index is 11.7. The molecule has 18 heavy (non-hydrogen) atoms. The Morgan fingerprint density at radius 1 is 1.61 bits per heavy atom. The summed E-state index contributed by atoms with van der Waals surface area (Å²) < 4.78 is 6.78. The lowest BCUT2D eigenvalue weighted by molar-refractivity contribution is 0.0602. The molecule has 0 amide bonds. The highest BCUT2D eigenvalue weighted by atomic mass is 16.5. The van der Waals surface area contributed by atoms with Gasteiger partial charge in [0, 0.05) is 18.7 Å². The van der Waals surface area contributed by atoms with E-state index in [0.717, 1.165) is 30.9 Å². The van der Waals surface area contributed by atoms with Gasteiger partial charge in [0.15, 0.2) is 0 Å². The van der Waals surface area contributed by atoms with E-state index < -0.39 is 0 Å². The maximum Gasteiger partial charge on any atom is 0.340 e. The van der Waals surface area contributed by atoms with Crippen LogP contribution in [0, 0.1) is 0 Å². The van der Waals surface area contributed by atoms with Crippen LogP contribution in [0.5, 0.6) is 0 Å². The van der Waals surface area contributed by atoms with E-state index in [1.165, 1.54) is 7.11 Å². The number of nitrogens with one attached hydrogen (secondary N) is 1. The van der Waals surface area contributed by atoms with E-state index in [4.69, 9.17) is 4.74 Å². The average molecular weight is 245 g/mol. The van der Waals surface area contributed by atoms with E-state index in [1.807, 2.05) is 16.7 Å². The van der Waals surface area contributed by atoms with Crippen LogP contribution in [0.15, 0.2) is 24.5 Å². The van der Waals surface area contributed by atoms with Crippen molar-refractivity contribution in [1.29, 1.82) is 0 Å². The molecule has 1 aliphatic heterocycles. The fourth-order valence-electron chi connectivity index (χ4n) is 2.50. The minimum absolute atomic E-state index is 0.323. The average Bonchev–Trinajstić information content (AvgIpc) is 3.05. The lowest BCUT2D eigenvalue weighted by atomic mass is 10.1. The lowest BCUT2D eigenvalue weighted by Gasteiger charge is -2.08. The number of hydrogen-bond donors (Lipinski definition) is 1. The first-order valence-corrected chi connectivity index (χ1v) is 6.06. The molecule has 0 spiro atoms. The Morgan fingerprint density at radius 3 is 3.22 bits per heavy atom. The number of nitrogens with zero attached hydrogens (tertiary/aromatic N) is 2. The molecule has 1 aliphatic rings. The van der Waals surface area contributed by atoms with Gasteiger partial charge in [0.2, 0.25) is 0 Å². The molecule has 1 fully saturated rings. The number of rotatable bonds is 2. The molecule has 1 N–H and O–H groups in total. The van der Waals surface area contributed by atoms with Gasteiger partial charge in [-0.2, -0.15) is 0 Å². The molecule has 2 aromatic heterocycles. The van der Waals surface area contributed by atoms with Crippen LogP contribution in [-0.2, 0) is 4.74 Å². The van der Waals surface area contributed by atoms with Gasteiger partial charge in [-0.25, -0.2) is 9.78 Å². The summed E-state index contributed by atoms with van der Waals surface area (Å²) in [7, 11) is 1.39. The quantitative estimate of drug-likeness (QED) is 0.808. The summed E-state index contributed by atoms with van der Waals surface area (Å²) in [5, 5.41) is 3.33. The summed E-state index contributed by atoms with van der Waals surface area (Å²) in [5.41, 5.74) is 1.37. The summed E-state index contributed by atoms with van der Waals surface area (Å²) in [6.07, 6.45) is 4.78. The Morgan fingerprint density at radius 2 is 2.50 bits per heavy atom. The molecule has 5 heteroatoms. The van der Waals surface area contributed by atoms with Crippen LogP contribution in [0.2, 0.25) is 0 Å². The van der Waals surface area contributed by atoms with E-state index in [1.54, 1.807) is 12.3 Å². The number of carbonyl (C=O) groups is 1. The smallest absolute Gasteiger partial charge is 0.340 e. The van der Waals surface area contributed by atoms with E-state index in [-0.39, 0.29) is 5.97 Å². The minimum atomic E-state index is -0.323. The fraction of sp³-hybridized carbons (Fsp3) is 0.385. The lowest BCUT2D eigenvalue weighted by Crippen LogP contribution is -2.10. The van der Waals surface area contributed by atoms with Crippen LogP contribution in [0.25, 0.3) is 5.52 Å². The maximum atomic E-state index is 11.7. The van der Waals surface area contributed by atoms with Gasteiger partial charge in [0.25, 0.3) is 0 Å². The zero-order chi connectivity index (χ0) is 12.5. The van der Waals surface area contributed by atoms with Gasteiger partial charge in [0.1, 0.15) is 5.82 Å². The first-order chi connectivity index (χ1) is 8.81. The second-order valence-electron chi connectivity index (χ2n) is 4.47. The van der Waals surface area contributed by atoms with Gasteiger partial charge in [0.05, 0.1) is 24.4 Å². The van der Waals surface area contributed by atoms with E-state index >= 15 is 0 Å². The molecule has 1 unspecified atom stereocenters. The Hall–Kier alpha value is -1.88. The van der Waals surface area contributed by atoms with Crippen molar-refractivity contribution in [2.75, 3.05) is 20.2 Å². The van der Waals surface area contributed by atoms with Crippen LogP contribution in [-0.4, -0.2) is 35.6 Å². The van der Waals surface area contributed by atoms with Crippen molar-refractivity contribution in [1.82, 2.24) is 14.7 Å². The standard InChI is InChI=1S/C13H15N3O2/c1-18-13(17)10-3-2-6-16-11(10)8-15-12(16)9-4-5-14-7-9/h2-3,6,8-9,14H,4-5,7H2,1H3. The monoisotopic (exact) mass is 245 g/mol. The number of fused-ring (bicyclic) bond motifs is 1. The number of hydrogen-bond acceptors (Lipinski definition) is 4. The third-order valence-electron chi connectivity index (χ3n) is 3.43. The molecule has 3 heterocycles. The zero-order valence-corrected chi connectivity index (χ0v) is 10.2. The molecule has 0 saturated carbocycles. The van der Waals surface area contributed by atoms with Crippen molar-refractivity contribution >= 4 is 11.5 Å². The fourth-order valence-corrected chi connectivity index (χ4v) is 2.50. The Labute approximate surface area is 105 Å². The van der Waals surface area contributed by atoms with Crippen molar-refractivity contribution in [3.8, 4) is 0 Å². The van der Waals surface area contributed by atoms with Gasteiger partial charge in [-0.3, -0.25) is 0 Å². The highest BCUT2D eigenvalue weighted by molar-refractivity contribution is 5.96. The molecule has 1 saturated heterocycles. The van der Waals surface area contributed by atoms with Crippen molar-refractivity contribution < 1.29 is 9.53 Å². The van der Waals surface area contributed by atoms with Gasteiger partial charge >= 0.3 is 5.97 Å². The molecule has 1 atom stereocenters. The summed E-state index contributed by atoms with van der Waals surface area (Å²) in [5.74, 6) is 1.11. The molecule has 94 valence electrons. The van der Waals surface area contributed by atoms with Gasteiger partial charge in [-0.05, 0) is 25.1 Å². The predicted molar refractivity (Wildman–Crippen MR) is 66.8 cm³/mol. The summed E-state index contributed by atoms with van der Waals surface area (Å²) >= 11 is 0. The van der Waals surface area contributed by atoms with Crippen LogP contribution < -0.4 is 5.32 Å². The Balaban J connectivity index is 2.11. The predicted octanol–water partition coefficient (Wildman–Crippen LogP) is 1.20. The minimum Gasteiger partial charge on any atom is -0.465 e. The van der Waals surface area contributed by atoms with Crippen LogP contribution >= 0.6 is 0 Å². The SMILES string of the molecule is COC(=O)c1cccn2c(C3CCNC3)ncc12. The normalized spacial score (nSPS) is 19.3. The van der Waals surface area contributed by atoms with Crippen LogP contribution in [0.3, 0.4) is 0 Å². The number of imidazole rings is 1. The molecular formula is C13H15N3O2. The number of pyridine rings is 1. The van der Waals surface area contributed by atoms with Gasteiger partial charge in [-0.15, -0.1) is 0 Å². The first-order valence-electron chi connectivity index (χ1n) is 6.06. The Bertz CT molecular complexity index is 585. The van der Waals surface area contributed by atoms with Crippen molar-refractivity contribution in [2.24, 2.45) is 0 Å². The molecular weight excluding hydrogens is 230 g/mol. The zero-order valence-electron chi connectivity index (χ0n) is 10.2. The van der Waals surface area contributed by atoms with Crippen molar-refractivity contribution in [2.45, 2.75) is 12.3 Å². The summed E-state index contributed by atoms with van der Waals surface area (Å²) in [4.78, 5) is 16.2. The summed E-state index contributed by atoms with van der Waals surface area (Å²) in [6, 6.07) is 3.62. The number of ether oxygens (including phenoxy) is 1. The molecule has 0 aliphatic carbocycles. The molecule has 0 aromatic carbocycles. The van der Waals surface area contributed by atoms with E-state index in [2.05, 4.69) is 10.3 Å². The highest BCUT2D eigenvalue weighted by Gasteiger charge is 2.22. The topological polar surface area (TPSA) is 55.6 Å². The van der Waals surface area contributed by atoms with Crippen molar-refractivity contribution in [3.63, 3.8) is 0 Å². The Kier molecular flexibility index (Phi) is 2.76. The number of esters is 1. The van der Waals surface area contributed by atoms with E-state index in [9.17, 15) is 4.79 Å².